The third-order valence-corrected chi connectivity index (χ3v) is 5.71. The van der Waals surface area contributed by atoms with Crippen LogP contribution in [0.1, 0.15) is 5.69 Å². The van der Waals surface area contributed by atoms with Gasteiger partial charge in [0.25, 0.3) is 0 Å². The molecule has 1 aromatic heterocycles. The summed E-state index contributed by atoms with van der Waals surface area (Å²) >= 11 is 5.99. The van der Waals surface area contributed by atoms with Crippen molar-refractivity contribution in [1.29, 1.82) is 0 Å². The quantitative estimate of drug-likeness (QED) is 0.519. The number of aromatic nitrogens is 1. The largest absolute Gasteiger partial charge is 0.491 e. The van der Waals surface area contributed by atoms with Gasteiger partial charge in [-0.05, 0) is 47.2 Å². The first-order valence-electron chi connectivity index (χ1n) is 10.4. The molecular formula is C23H22ClF4N3O2. The molecule has 1 atom stereocenters. The second-order valence-corrected chi connectivity index (χ2v) is 8.34. The average Bonchev–Trinajstić information content (AvgIpc) is 2.78. The number of aliphatic hydroxyl groups is 1. The zero-order valence-corrected chi connectivity index (χ0v) is 18.3. The van der Waals surface area contributed by atoms with Gasteiger partial charge in [0, 0.05) is 37.7 Å². The molecule has 0 bridgehead atoms. The molecule has 2 aromatic carbocycles. The molecule has 5 nitrogen and oxygen atoms in total. The van der Waals surface area contributed by atoms with E-state index in [9.17, 15) is 22.7 Å². The van der Waals surface area contributed by atoms with E-state index in [1.807, 2.05) is 29.2 Å². The van der Waals surface area contributed by atoms with Crippen LogP contribution in [0.25, 0.3) is 10.8 Å². The van der Waals surface area contributed by atoms with Crippen molar-refractivity contribution in [2.45, 2.75) is 12.3 Å². The lowest BCUT2D eigenvalue weighted by molar-refractivity contribution is -0.141. The van der Waals surface area contributed by atoms with Crippen LogP contribution in [0.4, 0.5) is 23.4 Å². The Morgan fingerprint density at radius 2 is 1.70 bits per heavy atom. The Kier molecular flexibility index (Phi) is 6.92. The molecule has 1 fully saturated rings. The molecule has 176 valence electrons. The van der Waals surface area contributed by atoms with Gasteiger partial charge < -0.3 is 14.7 Å². The van der Waals surface area contributed by atoms with Crippen LogP contribution in [0, 0.1) is 5.82 Å². The van der Waals surface area contributed by atoms with Gasteiger partial charge in [0.1, 0.15) is 24.2 Å². The summed E-state index contributed by atoms with van der Waals surface area (Å²) in [6.45, 7) is 1.91. The number of ether oxygens (including phenoxy) is 1. The van der Waals surface area contributed by atoms with Gasteiger partial charge in [-0.2, -0.15) is 13.2 Å². The van der Waals surface area contributed by atoms with Crippen molar-refractivity contribution >= 4 is 28.2 Å². The molecule has 3 aromatic rings. The van der Waals surface area contributed by atoms with E-state index in [1.165, 1.54) is 4.90 Å². The van der Waals surface area contributed by atoms with Crippen LogP contribution in [0.3, 0.4) is 0 Å². The zero-order chi connectivity index (χ0) is 23.6. The van der Waals surface area contributed by atoms with Crippen molar-refractivity contribution in [2.75, 3.05) is 44.2 Å². The molecular weight excluding hydrogens is 462 g/mol. The Morgan fingerprint density at radius 3 is 2.42 bits per heavy atom. The molecule has 1 N–H and O–H groups in total. The molecule has 0 amide bonds. The van der Waals surface area contributed by atoms with Gasteiger partial charge in [-0.3, -0.25) is 4.90 Å². The van der Waals surface area contributed by atoms with Gasteiger partial charge in [-0.1, -0.05) is 23.7 Å². The first-order valence-corrected chi connectivity index (χ1v) is 10.8. The number of pyridine rings is 1. The number of hydrogen-bond donors (Lipinski definition) is 1. The minimum atomic E-state index is -4.63. The zero-order valence-electron chi connectivity index (χ0n) is 17.5. The van der Waals surface area contributed by atoms with Crippen LogP contribution in [0.2, 0.25) is 5.02 Å². The lowest BCUT2D eigenvalue weighted by atomic mass is 10.1. The van der Waals surface area contributed by atoms with E-state index in [2.05, 4.69) is 4.98 Å². The predicted octanol–water partition coefficient (Wildman–Crippen LogP) is 4.61. The summed E-state index contributed by atoms with van der Waals surface area (Å²) in [4.78, 5) is 6.92. The summed E-state index contributed by atoms with van der Waals surface area (Å²) in [5.74, 6) is -0.465. The number of nitrogens with zero attached hydrogens (tertiary/aromatic N) is 3. The summed E-state index contributed by atoms with van der Waals surface area (Å²) in [7, 11) is 0. The molecule has 1 saturated heterocycles. The predicted molar refractivity (Wildman–Crippen MR) is 118 cm³/mol. The number of benzene rings is 2. The first-order chi connectivity index (χ1) is 15.7. The van der Waals surface area contributed by atoms with E-state index in [1.54, 1.807) is 12.1 Å². The SMILES string of the molecule is OC(COc1ccc2cc(Cl)ccc2c1)CN1CCN(c2nc(C(F)(F)F)ccc2F)CC1. The highest BCUT2D eigenvalue weighted by Crippen LogP contribution is 2.30. The Hall–Kier alpha value is -2.62. The number of aliphatic hydroxyl groups excluding tert-OH is 1. The van der Waals surface area contributed by atoms with Gasteiger partial charge in [0.05, 0.1) is 0 Å². The summed E-state index contributed by atoms with van der Waals surface area (Å²) in [6, 6.07) is 12.5. The lowest BCUT2D eigenvalue weighted by Crippen LogP contribution is -2.49. The van der Waals surface area contributed by atoms with Gasteiger partial charge in [0.15, 0.2) is 11.6 Å². The Morgan fingerprint density at radius 1 is 1.00 bits per heavy atom. The standard InChI is InChI=1S/C23H22ClF4N3O2/c24-17-3-1-16-12-19(4-2-15(16)11-17)33-14-18(32)13-30-7-9-31(10-8-30)22-20(25)5-6-21(29-22)23(26,27)28/h1-6,11-12,18,32H,7-10,13-14H2. The fraction of sp³-hybridized carbons (Fsp3) is 0.348. The van der Waals surface area contributed by atoms with Crippen LogP contribution in [0.5, 0.6) is 5.75 Å². The Bertz CT molecular complexity index is 1120. The van der Waals surface area contributed by atoms with E-state index >= 15 is 0 Å². The van der Waals surface area contributed by atoms with Crippen LogP contribution < -0.4 is 9.64 Å². The highest BCUT2D eigenvalue weighted by Gasteiger charge is 2.34. The monoisotopic (exact) mass is 483 g/mol. The number of alkyl halides is 3. The second kappa shape index (κ2) is 9.70. The fourth-order valence-corrected chi connectivity index (χ4v) is 3.96. The Labute approximate surface area is 193 Å². The van der Waals surface area contributed by atoms with Gasteiger partial charge in [-0.15, -0.1) is 0 Å². The molecule has 2 heterocycles. The normalized spacial score (nSPS) is 16.2. The van der Waals surface area contributed by atoms with Crippen molar-refractivity contribution in [3.05, 3.63) is 65.1 Å². The second-order valence-electron chi connectivity index (χ2n) is 7.91. The number of hydrogen-bond acceptors (Lipinski definition) is 5. The number of piperazine rings is 1. The first kappa shape index (κ1) is 23.5. The number of rotatable bonds is 6. The van der Waals surface area contributed by atoms with Gasteiger partial charge in [0.2, 0.25) is 0 Å². The smallest absolute Gasteiger partial charge is 0.433 e. The van der Waals surface area contributed by atoms with Crippen molar-refractivity contribution in [1.82, 2.24) is 9.88 Å². The summed E-state index contributed by atoms with van der Waals surface area (Å²) in [6.07, 6.45) is -5.40. The number of fused-ring (bicyclic) bond motifs is 1. The molecule has 1 aliphatic heterocycles. The third kappa shape index (κ3) is 5.85. The number of β-amino-alcohol motifs (C(OH)–C–C–N with tert-alkyl or cyclic N) is 1. The van der Waals surface area contributed by atoms with E-state index in [0.29, 0.717) is 49.6 Å². The van der Waals surface area contributed by atoms with Crippen LogP contribution in [-0.2, 0) is 6.18 Å². The molecule has 1 unspecified atom stereocenters. The fourth-order valence-electron chi connectivity index (χ4n) is 3.78. The van der Waals surface area contributed by atoms with Crippen LogP contribution >= 0.6 is 11.6 Å². The minimum absolute atomic E-state index is 0.0864. The lowest BCUT2D eigenvalue weighted by Gasteiger charge is -2.36. The maximum atomic E-state index is 14.1. The van der Waals surface area contributed by atoms with Crippen molar-refractivity contribution in [3.8, 4) is 5.75 Å². The van der Waals surface area contributed by atoms with E-state index in [-0.39, 0.29) is 12.4 Å². The summed E-state index contributed by atoms with van der Waals surface area (Å²) < 4.78 is 58.5. The maximum Gasteiger partial charge on any atom is 0.433 e. The van der Waals surface area contributed by atoms with Crippen molar-refractivity contribution in [2.24, 2.45) is 0 Å². The molecule has 0 radical (unpaired) electrons. The summed E-state index contributed by atoms with van der Waals surface area (Å²) in [5.41, 5.74) is -1.12. The molecule has 0 aliphatic carbocycles. The topological polar surface area (TPSA) is 48.8 Å². The highest BCUT2D eigenvalue weighted by molar-refractivity contribution is 6.31. The third-order valence-electron chi connectivity index (χ3n) is 5.47. The molecule has 0 saturated carbocycles. The van der Waals surface area contributed by atoms with Crippen LogP contribution in [0.15, 0.2) is 48.5 Å². The van der Waals surface area contributed by atoms with Crippen LogP contribution in [-0.4, -0.2) is 60.4 Å². The van der Waals surface area contributed by atoms with E-state index < -0.39 is 23.8 Å². The highest BCUT2D eigenvalue weighted by atomic mass is 35.5. The van der Waals surface area contributed by atoms with Gasteiger partial charge in [-0.25, -0.2) is 9.37 Å². The van der Waals surface area contributed by atoms with Crippen molar-refractivity contribution < 1.29 is 27.4 Å². The maximum absolute atomic E-state index is 14.1. The van der Waals surface area contributed by atoms with E-state index in [0.717, 1.165) is 16.8 Å². The molecule has 33 heavy (non-hydrogen) atoms. The van der Waals surface area contributed by atoms with Gasteiger partial charge >= 0.3 is 6.18 Å². The Balaban J connectivity index is 1.28. The summed E-state index contributed by atoms with van der Waals surface area (Å²) in [5, 5.41) is 13.0. The molecule has 1 aliphatic rings. The van der Waals surface area contributed by atoms with Crippen molar-refractivity contribution in [3.63, 3.8) is 0 Å². The number of anilines is 1. The average molecular weight is 484 g/mol. The minimum Gasteiger partial charge on any atom is -0.491 e. The molecule has 10 heteroatoms. The molecule has 0 spiro atoms. The number of halogens is 5. The molecule has 4 rings (SSSR count). The van der Waals surface area contributed by atoms with E-state index in [4.69, 9.17) is 16.3 Å².